The number of aliphatic hydroxyl groups excluding tert-OH is 1. The van der Waals surface area contributed by atoms with Gasteiger partial charge in [0.2, 0.25) is 0 Å². The molecule has 1 saturated heterocycles. The number of aliphatic hydroxyl groups is 1. The second-order valence-electron chi connectivity index (χ2n) is 8.84. The van der Waals surface area contributed by atoms with E-state index in [0.29, 0.717) is 43.5 Å². The van der Waals surface area contributed by atoms with E-state index in [9.17, 15) is 36.2 Å². The monoisotopic (exact) mass is 533 g/mol. The maximum Gasteiger partial charge on any atom is 0.416 e. The second kappa shape index (κ2) is 12.2. The topological polar surface area (TPSA) is 59.0 Å². The molecule has 3 atom stereocenters. The Hall–Kier alpha value is -2.79. The number of piperidine rings is 1. The van der Waals surface area contributed by atoms with Crippen molar-refractivity contribution in [1.29, 1.82) is 0 Å². The fourth-order valence-corrected chi connectivity index (χ4v) is 4.34. The number of ether oxygens (including phenoxy) is 2. The van der Waals surface area contributed by atoms with Crippen molar-refractivity contribution >= 4 is 6.09 Å². The largest absolute Gasteiger partial charge is 0.449 e. The third-order valence-corrected chi connectivity index (χ3v) is 6.16. The number of alkyl halides is 6. The van der Waals surface area contributed by atoms with E-state index in [4.69, 9.17) is 9.47 Å². The first kappa shape index (κ1) is 28.8. The number of halogens is 6. The second-order valence-corrected chi connectivity index (χ2v) is 8.84. The summed E-state index contributed by atoms with van der Waals surface area (Å²) < 4.78 is 91.7. The summed E-state index contributed by atoms with van der Waals surface area (Å²) in [5, 5.41) is 9.98. The number of likely N-dealkylation sites (tertiary alicyclic amines) is 1. The van der Waals surface area contributed by atoms with Crippen molar-refractivity contribution in [2.75, 3.05) is 19.8 Å². The Balaban J connectivity index is 1.96. The molecule has 204 valence electrons. The van der Waals surface area contributed by atoms with Gasteiger partial charge in [0.25, 0.3) is 0 Å². The van der Waals surface area contributed by atoms with Crippen LogP contribution in [0.2, 0.25) is 0 Å². The van der Waals surface area contributed by atoms with Crippen molar-refractivity contribution in [3.63, 3.8) is 0 Å². The minimum atomic E-state index is -5.04. The fraction of sp³-hybridized carbons (Fsp3) is 0.500. The molecule has 37 heavy (non-hydrogen) atoms. The number of unbranched alkanes of at least 4 members (excludes halogenated alkanes) is 1. The van der Waals surface area contributed by atoms with E-state index in [1.54, 1.807) is 30.3 Å². The van der Waals surface area contributed by atoms with Gasteiger partial charge in [-0.1, -0.05) is 43.7 Å². The zero-order valence-electron chi connectivity index (χ0n) is 20.2. The number of hydrogen-bond acceptors (Lipinski definition) is 4. The highest BCUT2D eigenvalue weighted by Crippen LogP contribution is 2.40. The molecule has 2 unspecified atom stereocenters. The molecule has 1 aliphatic rings. The fourth-order valence-electron chi connectivity index (χ4n) is 4.34. The number of hydrogen-bond donors (Lipinski definition) is 1. The maximum atomic E-state index is 13.4. The minimum Gasteiger partial charge on any atom is -0.449 e. The van der Waals surface area contributed by atoms with Gasteiger partial charge in [-0.25, -0.2) is 4.79 Å². The summed E-state index contributed by atoms with van der Waals surface area (Å²) >= 11 is 0. The lowest BCUT2D eigenvalue weighted by atomic mass is 9.92. The molecule has 1 aliphatic heterocycles. The molecule has 1 fully saturated rings. The van der Waals surface area contributed by atoms with Crippen molar-refractivity contribution in [1.82, 2.24) is 4.90 Å². The van der Waals surface area contributed by atoms with Crippen LogP contribution >= 0.6 is 0 Å². The highest BCUT2D eigenvalue weighted by Gasteiger charge is 2.40. The quantitative estimate of drug-likeness (QED) is 0.296. The van der Waals surface area contributed by atoms with Crippen LogP contribution in [-0.4, -0.2) is 42.0 Å². The third kappa shape index (κ3) is 7.38. The van der Waals surface area contributed by atoms with Gasteiger partial charge >= 0.3 is 18.4 Å². The van der Waals surface area contributed by atoms with Gasteiger partial charge in [0, 0.05) is 6.54 Å². The molecule has 2 aromatic rings. The Morgan fingerprint density at radius 2 is 1.68 bits per heavy atom. The zero-order chi connectivity index (χ0) is 27.2. The van der Waals surface area contributed by atoms with Crippen molar-refractivity contribution in [2.45, 2.75) is 63.2 Å². The van der Waals surface area contributed by atoms with Gasteiger partial charge in [-0.15, -0.1) is 0 Å². The number of benzene rings is 2. The predicted molar refractivity (Wildman–Crippen MR) is 123 cm³/mol. The highest BCUT2D eigenvalue weighted by atomic mass is 19.4. The number of nitrogens with zero attached hydrogens (tertiary/aromatic N) is 1. The van der Waals surface area contributed by atoms with Crippen LogP contribution in [0.3, 0.4) is 0 Å². The molecular weight excluding hydrogens is 504 g/mol. The van der Waals surface area contributed by atoms with E-state index in [-0.39, 0.29) is 12.7 Å². The van der Waals surface area contributed by atoms with Crippen molar-refractivity contribution in [3.05, 3.63) is 70.8 Å². The number of carbonyl (C=O) groups is 1. The average Bonchev–Trinajstić information content (AvgIpc) is 2.86. The Morgan fingerprint density at radius 3 is 2.22 bits per heavy atom. The molecular formula is C26H29F6NO4. The van der Waals surface area contributed by atoms with Crippen molar-refractivity contribution in [2.24, 2.45) is 0 Å². The normalized spacial score (nSPS) is 19.5. The lowest BCUT2D eigenvalue weighted by Crippen LogP contribution is -2.47. The van der Waals surface area contributed by atoms with E-state index in [1.165, 1.54) is 4.90 Å². The minimum absolute atomic E-state index is 0.0271. The van der Waals surface area contributed by atoms with E-state index in [0.717, 1.165) is 6.42 Å². The zero-order valence-corrected chi connectivity index (χ0v) is 20.2. The van der Waals surface area contributed by atoms with Crippen molar-refractivity contribution < 1.29 is 45.7 Å². The Kier molecular flexibility index (Phi) is 9.46. The first-order valence-corrected chi connectivity index (χ1v) is 12.0. The SMILES string of the molecule is CCCCOC(=O)N1CCCC(O[C@H](CO)c2cc(C(F)(F)F)cc(C(F)(F)F)c2)C1c1ccccc1. The first-order chi connectivity index (χ1) is 17.5. The van der Waals surface area contributed by atoms with E-state index < -0.39 is 60.0 Å². The van der Waals surface area contributed by atoms with Crippen LogP contribution in [0.15, 0.2) is 48.5 Å². The Morgan fingerprint density at radius 1 is 1.05 bits per heavy atom. The number of rotatable bonds is 8. The van der Waals surface area contributed by atoms with Gasteiger partial charge < -0.3 is 14.6 Å². The lowest BCUT2D eigenvalue weighted by molar-refractivity contribution is -0.143. The smallest absolute Gasteiger partial charge is 0.416 e. The van der Waals surface area contributed by atoms with Crippen LogP contribution in [-0.2, 0) is 21.8 Å². The molecule has 3 rings (SSSR count). The van der Waals surface area contributed by atoms with E-state index in [2.05, 4.69) is 0 Å². The first-order valence-electron chi connectivity index (χ1n) is 12.0. The molecule has 1 N–H and O–H groups in total. The summed E-state index contributed by atoms with van der Waals surface area (Å²) in [5.41, 5.74) is -2.79. The molecule has 0 spiro atoms. The molecule has 11 heteroatoms. The van der Waals surface area contributed by atoms with Crippen LogP contribution in [0, 0.1) is 0 Å². The van der Waals surface area contributed by atoms with Crippen LogP contribution in [0.25, 0.3) is 0 Å². The Labute approximate surface area is 211 Å². The lowest BCUT2D eigenvalue weighted by Gasteiger charge is -2.42. The van der Waals surface area contributed by atoms with Crippen LogP contribution in [0.5, 0.6) is 0 Å². The van der Waals surface area contributed by atoms with Gasteiger partial charge in [-0.3, -0.25) is 4.90 Å². The summed E-state index contributed by atoms with van der Waals surface area (Å²) in [4.78, 5) is 14.3. The average molecular weight is 534 g/mol. The van der Waals surface area contributed by atoms with Crippen LogP contribution in [0.4, 0.5) is 31.1 Å². The maximum absolute atomic E-state index is 13.4. The molecule has 5 nitrogen and oxygen atoms in total. The molecule has 1 amide bonds. The van der Waals surface area contributed by atoms with Gasteiger partial charge in [-0.05, 0) is 48.6 Å². The summed E-state index contributed by atoms with van der Waals surface area (Å²) in [7, 11) is 0. The van der Waals surface area contributed by atoms with Gasteiger partial charge in [0.1, 0.15) is 6.10 Å². The third-order valence-electron chi connectivity index (χ3n) is 6.16. The summed E-state index contributed by atoms with van der Waals surface area (Å²) in [6, 6.07) is 9.16. The molecule has 2 aromatic carbocycles. The van der Waals surface area contributed by atoms with Crippen LogP contribution < -0.4 is 0 Å². The number of amides is 1. The number of carbonyl (C=O) groups excluding carboxylic acids is 1. The highest BCUT2D eigenvalue weighted by molar-refractivity contribution is 5.68. The standard InChI is InChI=1S/C26H29F6NO4/c1-2-3-12-36-24(35)33-11-7-10-21(23(33)17-8-5-4-6-9-17)37-22(16-34)18-13-19(25(27,28)29)15-20(14-18)26(30,31)32/h4-6,8-9,13-15,21-23,34H,2-3,7,10-12,16H2,1H3/t21?,22-,23?/m1/s1. The molecule has 1 heterocycles. The molecule has 0 saturated carbocycles. The van der Waals surface area contributed by atoms with Crippen molar-refractivity contribution in [3.8, 4) is 0 Å². The molecule has 0 aromatic heterocycles. The van der Waals surface area contributed by atoms with Crippen LogP contribution in [0.1, 0.15) is 67.0 Å². The predicted octanol–water partition coefficient (Wildman–Crippen LogP) is 6.92. The summed E-state index contributed by atoms with van der Waals surface area (Å²) in [5.74, 6) is 0. The molecule has 0 radical (unpaired) electrons. The van der Waals surface area contributed by atoms with Gasteiger partial charge in [0.15, 0.2) is 0 Å². The van der Waals surface area contributed by atoms with Gasteiger partial charge in [-0.2, -0.15) is 26.3 Å². The van der Waals surface area contributed by atoms with E-state index >= 15 is 0 Å². The molecule has 0 bridgehead atoms. The van der Waals surface area contributed by atoms with E-state index in [1.807, 2.05) is 6.92 Å². The summed E-state index contributed by atoms with van der Waals surface area (Å²) in [6.45, 7) is 1.62. The van der Waals surface area contributed by atoms with Gasteiger partial charge in [0.05, 0.1) is 36.5 Å². The Bertz CT molecular complexity index is 996. The molecule has 0 aliphatic carbocycles. The summed E-state index contributed by atoms with van der Waals surface area (Å²) in [6.07, 6.45) is -10.7.